The third-order valence-corrected chi connectivity index (χ3v) is 7.18. The van der Waals surface area contributed by atoms with Crippen LogP contribution in [0.15, 0.2) is 78.0 Å². The Morgan fingerprint density at radius 3 is 2.44 bits per heavy atom. The van der Waals surface area contributed by atoms with Crippen molar-refractivity contribution in [3.05, 3.63) is 94.6 Å². The van der Waals surface area contributed by atoms with Crippen LogP contribution in [0, 0.1) is 0 Å². The van der Waals surface area contributed by atoms with Gasteiger partial charge in [0, 0.05) is 48.9 Å². The first-order valence-electron chi connectivity index (χ1n) is 13.1. The standard InChI is InChI=1S/C30H25ClF3N5O4/c31-24-15-19(5-8-25(24)40)29(42)37-36-16-20-6-9-26(23-4-2-1-3-22(20)23)43-18-28(41)39-13-11-38(12-14-39)27-10-7-21(17-35-27)30(32,33)34/h1-10,15-17,40H,11-14,18H2,(H,37,42)/b36-16+. The number of nitrogens with zero attached hydrogens (tertiary/aromatic N) is 4. The molecule has 2 heterocycles. The van der Waals surface area contributed by atoms with Gasteiger partial charge in [-0.25, -0.2) is 10.4 Å². The number of phenolic OH excluding ortho intramolecular Hbond substituents is 1. The van der Waals surface area contributed by atoms with Crippen LogP contribution < -0.4 is 15.1 Å². The van der Waals surface area contributed by atoms with E-state index in [4.69, 9.17) is 16.3 Å². The lowest BCUT2D eigenvalue weighted by Gasteiger charge is -2.35. The molecule has 2 amide bonds. The van der Waals surface area contributed by atoms with Crippen LogP contribution in [-0.2, 0) is 11.0 Å². The third-order valence-electron chi connectivity index (χ3n) is 6.88. The summed E-state index contributed by atoms with van der Waals surface area (Å²) in [6.07, 6.45) is -2.15. The van der Waals surface area contributed by atoms with Crippen molar-refractivity contribution in [2.75, 3.05) is 37.7 Å². The van der Waals surface area contributed by atoms with Crippen LogP contribution in [0.2, 0.25) is 5.02 Å². The van der Waals surface area contributed by atoms with Gasteiger partial charge in [-0.3, -0.25) is 9.59 Å². The van der Waals surface area contributed by atoms with E-state index in [9.17, 15) is 27.9 Å². The van der Waals surface area contributed by atoms with Crippen LogP contribution in [-0.4, -0.2) is 65.8 Å². The molecule has 0 radical (unpaired) electrons. The van der Waals surface area contributed by atoms with E-state index in [-0.39, 0.29) is 28.8 Å². The van der Waals surface area contributed by atoms with Gasteiger partial charge in [-0.2, -0.15) is 18.3 Å². The van der Waals surface area contributed by atoms with Gasteiger partial charge in [0.25, 0.3) is 11.8 Å². The Morgan fingerprint density at radius 2 is 1.77 bits per heavy atom. The maximum Gasteiger partial charge on any atom is 0.417 e. The minimum absolute atomic E-state index is 0.0504. The number of hydrazone groups is 1. The molecule has 4 aromatic rings. The SMILES string of the molecule is O=C(N/N=C/c1ccc(OCC(=O)N2CCN(c3ccc(C(F)(F)F)cn3)CC2)c2ccccc12)c1ccc(O)c(Cl)c1. The third kappa shape index (κ3) is 6.97. The molecule has 0 unspecified atom stereocenters. The quantitative estimate of drug-likeness (QED) is 0.222. The molecule has 0 spiro atoms. The highest BCUT2D eigenvalue weighted by Gasteiger charge is 2.31. The zero-order valence-electron chi connectivity index (χ0n) is 22.5. The Labute approximate surface area is 249 Å². The molecule has 3 aromatic carbocycles. The van der Waals surface area contributed by atoms with Crippen LogP contribution >= 0.6 is 11.6 Å². The molecular formula is C30H25ClF3N5O4. The molecule has 0 atom stereocenters. The molecule has 0 aliphatic carbocycles. The molecular weight excluding hydrogens is 587 g/mol. The van der Waals surface area contributed by atoms with E-state index in [1.54, 1.807) is 17.0 Å². The van der Waals surface area contributed by atoms with E-state index in [2.05, 4.69) is 15.5 Å². The second-order valence-electron chi connectivity index (χ2n) is 9.62. The van der Waals surface area contributed by atoms with E-state index in [0.717, 1.165) is 23.0 Å². The number of ether oxygens (including phenoxy) is 1. The molecule has 1 saturated heterocycles. The number of rotatable bonds is 7. The molecule has 9 nitrogen and oxygen atoms in total. The Hall–Kier alpha value is -4.84. The average molecular weight is 612 g/mol. The van der Waals surface area contributed by atoms with Gasteiger partial charge in [0.2, 0.25) is 0 Å². The number of carbonyl (C=O) groups is 2. The molecule has 43 heavy (non-hydrogen) atoms. The van der Waals surface area contributed by atoms with Crippen molar-refractivity contribution in [3.8, 4) is 11.5 Å². The first-order chi connectivity index (χ1) is 20.6. The predicted octanol–water partition coefficient (Wildman–Crippen LogP) is 5.10. The maximum absolute atomic E-state index is 12.9. The number of alkyl halides is 3. The van der Waals surface area contributed by atoms with Crippen LogP contribution in [0.1, 0.15) is 21.5 Å². The van der Waals surface area contributed by atoms with Crippen LogP contribution in [0.3, 0.4) is 0 Å². The zero-order chi connectivity index (χ0) is 30.6. The molecule has 0 saturated carbocycles. The fourth-order valence-corrected chi connectivity index (χ4v) is 4.74. The van der Waals surface area contributed by atoms with E-state index >= 15 is 0 Å². The van der Waals surface area contributed by atoms with E-state index in [0.29, 0.717) is 43.3 Å². The van der Waals surface area contributed by atoms with Gasteiger partial charge >= 0.3 is 6.18 Å². The number of aromatic hydroxyl groups is 1. The Kier molecular flexibility index (Phi) is 8.67. The minimum atomic E-state index is -4.45. The summed E-state index contributed by atoms with van der Waals surface area (Å²) in [7, 11) is 0. The molecule has 1 aliphatic heterocycles. The lowest BCUT2D eigenvalue weighted by atomic mass is 10.0. The highest BCUT2D eigenvalue weighted by molar-refractivity contribution is 6.32. The number of pyridine rings is 1. The number of hydrogen-bond acceptors (Lipinski definition) is 7. The van der Waals surface area contributed by atoms with Gasteiger partial charge in [0.1, 0.15) is 17.3 Å². The molecule has 222 valence electrons. The highest BCUT2D eigenvalue weighted by atomic mass is 35.5. The van der Waals surface area contributed by atoms with Gasteiger partial charge < -0.3 is 19.6 Å². The number of phenols is 1. The van der Waals surface area contributed by atoms with Crippen LogP contribution in [0.4, 0.5) is 19.0 Å². The second-order valence-corrected chi connectivity index (χ2v) is 10.0. The van der Waals surface area contributed by atoms with Crippen molar-refractivity contribution in [2.45, 2.75) is 6.18 Å². The summed E-state index contributed by atoms with van der Waals surface area (Å²) in [6.45, 7) is 1.42. The number of hydrogen-bond donors (Lipinski definition) is 2. The van der Waals surface area contributed by atoms with E-state index in [1.807, 2.05) is 29.2 Å². The zero-order valence-corrected chi connectivity index (χ0v) is 23.3. The van der Waals surface area contributed by atoms with Crippen LogP contribution in [0.25, 0.3) is 10.8 Å². The monoisotopic (exact) mass is 611 g/mol. The molecule has 5 rings (SSSR count). The van der Waals surface area contributed by atoms with Gasteiger partial charge in [-0.05, 0) is 47.9 Å². The Morgan fingerprint density at radius 1 is 1.02 bits per heavy atom. The molecule has 0 bridgehead atoms. The average Bonchev–Trinajstić information content (AvgIpc) is 3.01. The molecule has 2 N–H and O–H groups in total. The first kappa shape index (κ1) is 29.6. The van der Waals surface area contributed by atoms with Crippen LogP contribution in [0.5, 0.6) is 11.5 Å². The minimum Gasteiger partial charge on any atom is -0.506 e. The van der Waals surface area contributed by atoms with Gasteiger partial charge in [-0.15, -0.1) is 0 Å². The lowest BCUT2D eigenvalue weighted by molar-refractivity contribution is -0.138. The first-order valence-corrected chi connectivity index (χ1v) is 13.5. The number of piperazine rings is 1. The Balaban J connectivity index is 1.18. The van der Waals surface area contributed by atoms with Crippen molar-refractivity contribution in [1.82, 2.24) is 15.3 Å². The number of anilines is 1. The van der Waals surface area contributed by atoms with E-state index < -0.39 is 17.6 Å². The number of carbonyl (C=O) groups excluding carboxylic acids is 2. The normalized spacial score (nSPS) is 13.9. The smallest absolute Gasteiger partial charge is 0.417 e. The highest BCUT2D eigenvalue weighted by Crippen LogP contribution is 2.30. The molecule has 1 aromatic heterocycles. The van der Waals surface area contributed by atoms with Crippen molar-refractivity contribution in [1.29, 1.82) is 0 Å². The summed E-state index contributed by atoms with van der Waals surface area (Å²) in [4.78, 5) is 32.7. The number of nitrogens with one attached hydrogen (secondary N) is 1. The number of halogens is 4. The number of benzene rings is 3. The largest absolute Gasteiger partial charge is 0.506 e. The molecule has 1 aliphatic rings. The van der Waals surface area contributed by atoms with Crippen molar-refractivity contribution in [2.24, 2.45) is 5.10 Å². The number of fused-ring (bicyclic) bond motifs is 1. The number of amides is 2. The molecule has 13 heteroatoms. The topological polar surface area (TPSA) is 107 Å². The van der Waals surface area contributed by atoms with Crippen molar-refractivity contribution >= 4 is 46.2 Å². The predicted molar refractivity (Wildman–Crippen MR) is 156 cm³/mol. The lowest BCUT2D eigenvalue weighted by Crippen LogP contribution is -2.50. The van der Waals surface area contributed by atoms with Crippen molar-refractivity contribution < 1.29 is 32.6 Å². The summed E-state index contributed by atoms with van der Waals surface area (Å²) in [5, 5.41) is 15.1. The summed E-state index contributed by atoms with van der Waals surface area (Å²) in [5.74, 6) is 0.0745. The van der Waals surface area contributed by atoms with Gasteiger partial charge in [-0.1, -0.05) is 35.9 Å². The number of aromatic nitrogens is 1. The molecule has 1 fully saturated rings. The van der Waals surface area contributed by atoms with Crippen molar-refractivity contribution in [3.63, 3.8) is 0 Å². The fraction of sp³-hybridized carbons (Fsp3) is 0.200. The summed E-state index contributed by atoms with van der Waals surface area (Å²) in [5.41, 5.74) is 2.55. The summed E-state index contributed by atoms with van der Waals surface area (Å²) >= 11 is 5.86. The summed E-state index contributed by atoms with van der Waals surface area (Å²) in [6, 6.07) is 17.3. The van der Waals surface area contributed by atoms with E-state index in [1.165, 1.54) is 30.5 Å². The fourth-order valence-electron chi connectivity index (χ4n) is 4.56. The van der Waals surface area contributed by atoms with Gasteiger partial charge in [0.05, 0.1) is 16.8 Å². The summed E-state index contributed by atoms with van der Waals surface area (Å²) < 4.78 is 44.3. The Bertz CT molecular complexity index is 1670. The second kappa shape index (κ2) is 12.6. The maximum atomic E-state index is 12.9. The van der Waals surface area contributed by atoms with Gasteiger partial charge in [0.15, 0.2) is 6.61 Å².